The minimum Gasteiger partial charge on any atom is -0.355 e. The zero-order valence-corrected chi connectivity index (χ0v) is 15.9. The summed E-state index contributed by atoms with van der Waals surface area (Å²) in [6, 6.07) is 7.81. The van der Waals surface area contributed by atoms with Gasteiger partial charge in [0.1, 0.15) is 5.82 Å². The molecule has 8 heteroatoms. The van der Waals surface area contributed by atoms with Gasteiger partial charge in [0.25, 0.3) is 0 Å². The zero-order valence-electron chi connectivity index (χ0n) is 15.1. The Hall–Kier alpha value is -1.93. The van der Waals surface area contributed by atoms with E-state index >= 15 is 0 Å². The van der Waals surface area contributed by atoms with Crippen LogP contribution in [0.4, 0.5) is 0 Å². The summed E-state index contributed by atoms with van der Waals surface area (Å²) in [5.41, 5.74) is 1.90. The maximum absolute atomic E-state index is 12.4. The maximum atomic E-state index is 12.4. The number of hydrogen-bond acceptors (Lipinski definition) is 4. The molecular formula is C18H26N4O3S. The van der Waals surface area contributed by atoms with Crippen LogP contribution in [0, 0.1) is 5.92 Å². The van der Waals surface area contributed by atoms with Crippen LogP contribution in [-0.2, 0) is 21.2 Å². The number of nitrogens with zero attached hydrogens (tertiary/aromatic N) is 2. The number of imidazole rings is 1. The lowest BCUT2D eigenvalue weighted by molar-refractivity contribution is -0.126. The molecule has 0 saturated carbocycles. The quantitative estimate of drug-likeness (QED) is 0.766. The van der Waals surface area contributed by atoms with E-state index in [-0.39, 0.29) is 17.6 Å². The fraction of sp³-hybridized carbons (Fsp3) is 0.556. The van der Waals surface area contributed by atoms with Crippen LogP contribution >= 0.6 is 0 Å². The molecule has 2 aromatic rings. The van der Waals surface area contributed by atoms with Crippen LogP contribution in [0.15, 0.2) is 24.3 Å². The van der Waals surface area contributed by atoms with E-state index in [1.807, 2.05) is 31.2 Å². The molecule has 26 heavy (non-hydrogen) atoms. The predicted octanol–water partition coefficient (Wildman–Crippen LogP) is 1.67. The third-order valence-electron chi connectivity index (χ3n) is 4.71. The number of fused-ring (bicyclic) bond motifs is 1. The van der Waals surface area contributed by atoms with Crippen molar-refractivity contribution in [1.29, 1.82) is 0 Å². The SMILES string of the molecule is CCCS(=O)(=O)N1CCCC(C(=O)NCCc2nc3ccccc3[nH]2)C1. The molecule has 1 aliphatic heterocycles. The highest BCUT2D eigenvalue weighted by Crippen LogP contribution is 2.20. The number of nitrogens with one attached hydrogen (secondary N) is 2. The summed E-state index contributed by atoms with van der Waals surface area (Å²) in [7, 11) is -3.24. The molecule has 0 aliphatic carbocycles. The molecule has 2 heterocycles. The van der Waals surface area contributed by atoms with Gasteiger partial charge in [0.2, 0.25) is 15.9 Å². The van der Waals surface area contributed by atoms with Gasteiger partial charge >= 0.3 is 0 Å². The van der Waals surface area contributed by atoms with E-state index in [1.54, 1.807) is 0 Å². The lowest BCUT2D eigenvalue weighted by atomic mass is 9.99. The van der Waals surface area contributed by atoms with Gasteiger partial charge in [-0.25, -0.2) is 17.7 Å². The highest BCUT2D eigenvalue weighted by atomic mass is 32.2. The monoisotopic (exact) mass is 378 g/mol. The minimum atomic E-state index is -3.24. The maximum Gasteiger partial charge on any atom is 0.224 e. The number of aromatic amines is 1. The third-order valence-corrected chi connectivity index (χ3v) is 6.75. The number of H-pyrrole nitrogens is 1. The van der Waals surface area contributed by atoms with Gasteiger partial charge < -0.3 is 10.3 Å². The van der Waals surface area contributed by atoms with Gasteiger partial charge in [0.05, 0.1) is 22.7 Å². The van der Waals surface area contributed by atoms with Crippen LogP contribution in [0.3, 0.4) is 0 Å². The minimum absolute atomic E-state index is 0.0718. The van der Waals surface area contributed by atoms with Crippen molar-refractivity contribution in [2.24, 2.45) is 5.92 Å². The smallest absolute Gasteiger partial charge is 0.224 e. The number of amides is 1. The molecule has 1 amide bonds. The van der Waals surface area contributed by atoms with Crippen molar-refractivity contribution in [3.05, 3.63) is 30.1 Å². The predicted molar refractivity (Wildman–Crippen MR) is 101 cm³/mol. The van der Waals surface area contributed by atoms with Gasteiger partial charge in [0.15, 0.2) is 0 Å². The van der Waals surface area contributed by atoms with Crippen molar-refractivity contribution >= 4 is 27.0 Å². The average molecular weight is 378 g/mol. The van der Waals surface area contributed by atoms with Gasteiger partial charge in [0, 0.05) is 26.1 Å². The molecule has 0 radical (unpaired) electrons. The molecule has 1 aromatic carbocycles. The molecule has 1 atom stereocenters. The van der Waals surface area contributed by atoms with E-state index < -0.39 is 10.0 Å². The summed E-state index contributed by atoms with van der Waals surface area (Å²) < 4.78 is 25.9. The largest absolute Gasteiger partial charge is 0.355 e. The lowest BCUT2D eigenvalue weighted by Gasteiger charge is -2.31. The third kappa shape index (κ3) is 4.42. The van der Waals surface area contributed by atoms with Crippen molar-refractivity contribution in [3.8, 4) is 0 Å². The fourth-order valence-corrected chi connectivity index (χ4v) is 4.96. The summed E-state index contributed by atoms with van der Waals surface area (Å²) in [5.74, 6) is 0.638. The molecule has 1 fully saturated rings. The first-order valence-electron chi connectivity index (χ1n) is 9.19. The standard InChI is InChI=1S/C18H26N4O3S/c1-2-12-26(24,25)22-11-5-6-14(13-22)18(23)19-10-9-17-20-15-7-3-4-8-16(15)21-17/h3-4,7-8,14H,2,5-6,9-13H2,1H3,(H,19,23)(H,20,21). The molecule has 0 bridgehead atoms. The van der Waals surface area contributed by atoms with E-state index in [9.17, 15) is 13.2 Å². The Morgan fingerprint density at radius 2 is 2.19 bits per heavy atom. The van der Waals surface area contributed by atoms with Crippen molar-refractivity contribution in [3.63, 3.8) is 0 Å². The molecule has 3 rings (SSSR count). The first-order chi connectivity index (χ1) is 12.5. The fourth-order valence-electron chi connectivity index (χ4n) is 3.37. The van der Waals surface area contributed by atoms with Gasteiger partial charge in [-0.15, -0.1) is 0 Å². The summed E-state index contributed by atoms with van der Waals surface area (Å²) in [5, 5.41) is 2.93. The summed E-state index contributed by atoms with van der Waals surface area (Å²) in [6.07, 6.45) is 2.66. The van der Waals surface area contributed by atoms with Crippen molar-refractivity contribution in [1.82, 2.24) is 19.6 Å². The number of hydrogen-bond donors (Lipinski definition) is 2. The van der Waals surface area contributed by atoms with Crippen LogP contribution in [0.5, 0.6) is 0 Å². The van der Waals surface area contributed by atoms with Crippen LogP contribution in [0.1, 0.15) is 32.0 Å². The second-order valence-electron chi connectivity index (χ2n) is 6.75. The average Bonchev–Trinajstić information content (AvgIpc) is 3.04. The van der Waals surface area contributed by atoms with Crippen LogP contribution in [0.2, 0.25) is 0 Å². The Kier molecular flexibility index (Phi) is 5.93. The molecule has 1 saturated heterocycles. The van der Waals surface area contributed by atoms with Crippen LogP contribution < -0.4 is 5.32 Å². The molecular weight excluding hydrogens is 352 g/mol. The highest BCUT2D eigenvalue weighted by Gasteiger charge is 2.31. The van der Waals surface area contributed by atoms with Crippen LogP contribution in [0.25, 0.3) is 11.0 Å². The van der Waals surface area contributed by atoms with Gasteiger partial charge in [-0.2, -0.15) is 0 Å². The Balaban J connectivity index is 1.51. The first kappa shape index (κ1) is 18.8. The molecule has 2 N–H and O–H groups in total. The number of para-hydroxylation sites is 2. The van der Waals surface area contributed by atoms with Crippen LogP contribution in [-0.4, -0.2) is 54.0 Å². The number of aromatic nitrogens is 2. The summed E-state index contributed by atoms with van der Waals surface area (Å²) in [6.45, 7) is 3.14. The summed E-state index contributed by atoms with van der Waals surface area (Å²) in [4.78, 5) is 20.2. The normalized spacial score (nSPS) is 18.9. The first-order valence-corrected chi connectivity index (χ1v) is 10.8. The Morgan fingerprint density at radius 1 is 1.38 bits per heavy atom. The van der Waals surface area contributed by atoms with E-state index in [1.165, 1.54) is 4.31 Å². The number of piperidine rings is 1. The van der Waals surface area contributed by atoms with Gasteiger partial charge in [-0.3, -0.25) is 4.79 Å². The van der Waals surface area contributed by atoms with Crippen molar-refractivity contribution < 1.29 is 13.2 Å². The molecule has 1 aromatic heterocycles. The number of carbonyl (C=O) groups excluding carboxylic acids is 1. The summed E-state index contributed by atoms with van der Waals surface area (Å²) >= 11 is 0. The topological polar surface area (TPSA) is 95.2 Å². The van der Waals surface area contributed by atoms with Crippen molar-refractivity contribution in [2.75, 3.05) is 25.4 Å². The van der Waals surface area contributed by atoms with E-state index in [4.69, 9.17) is 0 Å². The molecule has 142 valence electrons. The Morgan fingerprint density at radius 3 is 2.96 bits per heavy atom. The number of benzene rings is 1. The molecule has 0 spiro atoms. The number of sulfonamides is 1. The Labute approximate surface area is 154 Å². The van der Waals surface area contributed by atoms with Gasteiger partial charge in [-0.05, 0) is 31.4 Å². The molecule has 1 aliphatic rings. The number of carbonyl (C=O) groups is 1. The van der Waals surface area contributed by atoms with Gasteiger partial charge in [-0.1, -0.05) is 19.1 Å². The second-order valence-corrected chi connectivity index (χ2v) is 8.84. The Bertz CT molecular complexity index is 829. The number of rotatable bonds is 7. The van der Waals surface area contributed by atoms with Crippen molar-refractivity contribution in [2.45, 2.75) is 32.6 Å². The molecule has 1 unspecified atom stereocenters. The lowest BCUT2D eigenvalue weighted by Crippen LogP contribution is -2.46. The molecule has 7 nitrogen and oxygen atoms in total. The zero-order chi connectivity index (χ0) is 18.6. The van der Waals surface area contributed by atoms with E-state index in [0.29, 0.717) is 32.5 Å². The highest BCUT2D eigenvalue weighted by molar-refractivity contribution is 7.89. The van der Waals surface area contributed by atoms with E-state index in [2.05, 4.69) is 15.3 Å². The van der Waals surface area contributed by atoms with E-state index in [0.717, 1.165) is 29.7 Å². The second kappa shape index (κ2) is 8.18.